The Morgan fingerprint density at radius 1 is 1.28 bits per heavy atom. The van der Waals surface area contributed by atoms with Crippen molar-refractivity contribution in [1.29, 1.82) is 0 Å². The van der Waals surface area contributed by atoms with Crippen LogP contribution < -0.4 is 4.90 Å². The highest BCUT2D eigenvalue weighted by Crippen LogP contribution is 2.24. The minimum absolute atomic E-state index is 0.222. The molecule has 1 fully saturated rings. The Kier molecular flexibility index (Phi) is 4.74. The molecular formula is C12H19ClN4O. The van der Waals surface area contributed by atoms with Gasteiger partial charge < -0.3 is 10.0 Å². The van der Waals surface area contributed by atoms with Gasteiger partial charge in [0.05, 0.1) is 6.61 Å². The molecule has 0 bridgehead atoms. The third-order valence-corrected chi connectivity index (χ3v) is 3.64. The lowest BCUT2D eigenvalue weighted by Gasteiger charge is -2.35. The van der Waals surface area contributed by atoms with Crippen LogP contribution in [-0.4, -0.2) is 59.3 Å². The molecule has 0 spiro atoms. The summed E-state index contributed by atoms with van der Waals surface area (Å²) in [6.07, 6.45) is 2.36. The first-order valence-corrected chi connectivity index (χ1v) is 6.71. The van der Waals surface area contributed by atoms with Gasteiger partial charge >= 0.3 is 0 Å². The van der Waals surface area contributed by atoms with E-state index in [-0.39, 0.29) is 6.61 Å². The van der Waals surface area contributed by atoms with E-state index in [1.807, 2.05) is 0 Å². The zero-order valence-corrected chi connectivity index (χ0v) is 11.4. The van der Waals surface area contributed by atoms with Crippen molar-refractivity contribution in [2.75, 3.05) is 44.2 Å². The Hall–Kier alpha value is -0.910. The van der Waals surface area contributed by atoms with Crippen LogP contribution in [-0.2, 0) is 6.42 Å². The molecule has 0 radical (unpaired) electrons. The van der Waals surface area contributed by atoms with Crippen LogP contribution in [0.15, 0.2) is 6.33 Å². The third-order valence-electron chi connectivity index (χ3n) is 3.31. The largest absolute Gasteiger partial charge is 0.395 e. The number of aliphatic hydroxyl groups is 1. The molecule has 1 N–H and O–H groups in total. The molecule has 0 aliphatic carbocycles. The van der Waals surface area contributed by atoms with Gasteiger partial charge in [0, 0.05) is 38.3 Å². The van der Waals surface area contributed by atoms with Crippen molar-refractivity contribution >= 4 is 17.4 Å². The minimum atomic E-state index is 0.222. The summed E-state index contributed by atoms with van der Waals surface area (Å²) in [4.78, 5) is 12.9. The maximum atomic E-state index is 8.93. The van der Waals surface area contributed by atoms with E-state index < -0.39 is 0 Å². The van der Waals surface area contributed by atoms with E-state index in [4.69, 9.17) is 16.7 Å². The molecule has 1 aromatic rings. The molecule has 0 amide bonds. The lowest BCUT2D eigenvalue weighted by Crippen LogP contribution is -2.47. The summed E-state index contributed by atoms with van der Waals surface area (Å²) in [5.41, 5.74) is 1.02. The maximum absolute atomic E-state index is 8.93. The Labute approximate surface area is 112 Å². The predicted octanol–water partition coefficient (Wildman–Crippen LogP) is 0.807. The van der Waals surface area contributed by atoms with Crippen molar-refractivity contribution in [2.45, 2.75) is 13.3 Å². The van der Waals surface area contributed by atoms with Crippen LogP contribution in [0.1, 0.15) is 12.5 Å². The lowest BCUT2D eigenvalue weighted by molar-refractivity contribution is 0.188. The van der Waals surface area contributed by atoms with Gasteiger partial charge in [0.1, 0.15) is 17.3 Å². The molecule has 2 heterocycles. The van der Waals surface area contributed by atoms with Crippen molar-refractivity contribution in [3.8, 4) is 0 Å². The number of halogens is 1. The molecular weight excluding hydrogens is 252 g/mol. The summed E-state index contributed by atoms with van der Waals surface area (Å²) in [6.45, 7) is 6.77. The molecule has 100 valence electrons. The van der Waals surface area contributed by atoms with E-state index >= 15 is 0 Å². The molecule has 1 aliphatic rings. The topological polar surface area (TPSA) is 52.5 Å². The molecule has 0 saturated carbocycles. The van der Waals surface area contributed by atoms with Crippen molar-refractivity contribution in [2.24, 2.45) is 0 Å². The Bertz CT molecular complexity index is 394. The van der Waals surface area contributed by atoms with Gasteiger partial charge in [-0.1, -0.05) is 18.5 Å². The molecule has 5 nitrogen and oxygen atoms in total. The molecule has 1 aromatic heterocycles. The first-order valence-electron chi connectivity index (χ1n) is 6.33. The average molecular weight is 271 g/mol. The van der Waals surface area contributed by atoms with Crippen LogP contribution in [0.2, 0.25) is 5.15 Å². The first-order chi connectivity index (χ1) is 8.76. The van der Waals surface area contributed by atoms with Crippen LogP contribution in [0.4, 0.5) is 5.82 Å². The third kappa shape index (κ3) is 2.91. The van der Waals surface area contributed by atoms with E-state index in [9.17, 15) is 0 Å². The molecule has 0 unspecified atom stereocenters. The highest BCUT2D eigenvalue weighted by atomic mass is 35.5. The van der Waals surface area contributed by atoms with E-state index in [1.165, 1.54) is 6.33 Å². The fraction of sp³-hybridized carbons (Fsp3) is 0.667. The highest BCUT2D eigenvalue weighted by Gasteiger charge is 2.20. The second kappa shape index (κ2) is 6.31. The zero-order valence-electron chi connectivity index (χ0n) is 10.6. The quantitative estimate of drug-likeness (QED) is 0.821. The molecule has 0 atom stereocenters. The van der Waals surface area contributed by atoms with E-state index in [0.29, 0.717) is 5.15 Å². The second-order valence-corrected chi connectivity index (χ2v) is 4.73. The summed E-state index contributed by atoms with van der Waals surface area (Å²) in [6, 6.07) is 0. The van der Waals surface area contributed by atoms with E-state index in [1.54, 1.807) is 0 Å². The summed E-state index contributed by atoms with van der Waals surface area (Å²) >= 11 is 6.11. The number of β-amino-alcohol motifs (C(OH)–C–C–N with tert-alkyl or cyclic N) is 1. The van der Waals surface area contributed by atoms with Crippen LogP contribution >= 0.6 is 11.6 Å². The standard InChI is InChI=1S/C12H19ClN4O/c1-2-10-11(13)14-9-15-12(10)17-5-3-16(4-6-17)7-8-18/h9,18H,2-8H2,1H3. The lowest BCUT2D eigenvalue weighted by atomic mass is 10.2. The molecule has 2 rings (SSSR count). The van der Waals surface area contributed by atoms with Gasteiger partial charge in [-0.2, -0.15) is 0 Å². The summed E-state index contributed by atoms with van der Waals surface area (Å²) in [5, 5.41) is 9.48. The van der Waals surface area contributed by atoms with Crippen molar-refractivity contribution in [1.82, 2.24) is 14.9 Å². The van der Waals surface area contributed by atoms with Gasteiger partial charge in [-0.3, -0.25) is 4.90 Å². The number of hydrogen-bond acceptors (Lipinski definition) is 5. The van der Waals surface area contributed by atoms with Crippen LogP contribution in [0.5, 0.6) is 0 Å². The number of anilines is 1. The summed E-state index contributed by atoms with van der Waals surface area (Å²) in [7, 11) is 0. The number of piperazine rings is 1. The monoisotopic (exact) mass is 270 g/mol. The Morgan fingerprint density at radius 2 is 2.00 bits per heavy atom. The molecule has 18 heavy (non-hydrogen) atoms. The van der Waals surface area contributed by atoms with Gasteiger partial charge in [0.25, 0.3) is 0 Å². The first kappa shape index (κ1) is 13.5. The maximum Gasteiger partial charge on any atom is 0.137 e. The molecule has 1 saturated heterocycles. The minimum Gasteiger partial charge on any atom is -0.395 e. The highest BCUT2D eigenvalue weighted by molar-refractivity contribution is 6.30. The zero-order chi connectivity index (χ0) is 13.0. The van der Waals surface area contributed by atoms with Gasteiger partial charge in [-0.05, 0) is 6.42 Å². The van der Waals surface area contributed by atoms with E-state index in [2.05, 4.69) is 26.7 Å². The molecule has 1 aliphatic heterocycles. The fourth-order valence-electron chi connectivity index (χ4n) is 2.28. The van der Waals surface area contributed by atoms with Crippen LogP contribution in [0.3, 0.4) is 0 Å². The number of rotatable bonds is 4. The predicted molar refractivity (Wildman–Crippen MR) is 72.2 cm³/mol. The van der Waals surface area contributed by atoms with Crippen molar-refractivity contribution in [3.63, 3.8) is 0 Å². The van der Waals surface area contributed by atoms with E-state index in [0.717, 1.165) is 50.5 Å². The number of aromatic nitrogens is 2. The van der Waals surface area contributed by atoms with Crippen molar-refractivity contribution < 1.29 is 5.11 Å². The summed E-state index contributed by atoms with van der Waals surface area (Å²) < 4.78 is 0. The van der Waals surface area contributed by atoms with Crippen molar-refractivity contribution in [3.05, 3.63) is 17.0 Å². The smallest absolute Gasteiger partial charge is 0.137 e. The number of hydrogen-bond donors (Lipinski definition) is 1. The van der Waals surface area contributed by atoms with Crippen LogP contribution in [0, 0.1) is 0 Å². The Morgan fingerprint density at radius 3 is 2.61 bits per heavy atom. The van der Waals surface area contributed by atoms with Gasteiger partial charge in [0.2, 0.25) is 0 Å². The molecule has 6 heteroatoms. The molecule has 0 aromatic carbocycles. The normalized spacial score (nSPS) is 17.2. The average Bonchev–Trinajstić information content (AvgIpc) is 2.40. The fourth-order valence-corrected chi connectivity index (χ4v) is 2.55. The van der Waals surface area contributed by atoms with Gasteiger partial charge in [-0.15, -0.1) is 0 Å². The van der Waals surface area contributed by atoms with Gasteiger partial charge in [0.15, 0.2) is 0 Å². The Balaban J connectivity index is 2.07. The number of aliphatic hydroxyl groups excluding tert-OH is 1. The summed E-state index contributed by atoms with van der Waals surface area (Å²) in [5.74, 6) is 0.959. The second-order valence-electron chi connectivity index (χ2n) is 4.37. The van der Waals surface area contributed by atoms with Gasteiger partial charge in [-0.25, -0.2) is 9.97 Å². The number of nitrogens with zero attached hydrogens (tertiary/aromatic N) is 4. The van der Waals surface area contributed by atoms with Crippen LogP contribution in [0.25, 0.3) is 0 Å². The SMILES string of the molecule is CCc1c(Cl)ncnc1N1CCN(CCO)CC1.